The molecule has 0 radical (unpaired) electrons. The number of ether oxygens (including phenoxy) is 1. The molecule has 0 fully saturated rings. The van der Waals surface area contributed by atoms with Crippen LogP contribution in [0.4, 0.5) is 4.39 Å². The van der Waals surface area contributed by atoms with E-state index in [0.717, 1.165) is 18.4 Å². The molecule has 1 aromatic carbocycles. The molecule has 2 nitrogen and oxygen atoms in total. The Kier molecular flexibility index (Phi) is 6.04. The second kappa shape index (κ2) is 7.80. The van der Waals surface area contributed by atoms with Crippen molar-refractivity contribution in [2.24, 2.45) is 5.92 Å². The molecule has 118 valence electrons. The van der Waals surface area contributed by atoms with Crippen LogP contribution in [0.1, 0.15) is 31.4 Å². The van der Waals surface area contributed by atoms with Gasteiger partial charge in [-0.3, -0.25) is 0 Å². The molecule has 0 spiro atoms. The van der Waals surface area contributed by atoms with Crippen LogP contribution in [0.15, 0.2) is 30.5 Å². The summed E-state index contributed by atoms with van der Waals surface area (Å²) >= 11 is 12.1. The number of hydrogen-bond donors (Lipinski definition) is 0. The molecule has 1 atom stereocenters. The second-order valence-electron chi connectivity index (χ2n) is 5.34. The predicted octanol–water partition coefficient (Wildman–Crippen LogP) is 5.70. The summed E-state index contributed by atoms with van der Waals surface area (Å²) < 4.78 is 19.2. The monoisotopic (exact) mass is 341 g/mol. The summed E-state index contributed by atoms with van der Waals surface area (Å²) in [7, 11) is 0. The molecule has 0 aliphatic heterocycles. The fourth-order valence-electron chi connectivity index (χ4n) is 2.04. The Hall–Kier alpha value is -1.32. The fraction of sp³-hybridized carbons (Fsp3) is 0.353. The Morgan fingerprint density at radius 1 is 1.27 bits per heavy atom. The van der Waals surface area contributed by atoms with Gasteiger partial charge in [0.05, 0.1) is 5.02 Å². The van der Waals surface area contributed by atoms with Gasteiger partial charge in [-0.05, 0) is 36.1 Å². The van der Waals surface area contributed by atoms with Gasteiger partial charge in [-0.25, -0.2) is 9.37 Å². The van der Waals surface area contributed by atoms with Crippen LogP contribution in [0.5, 0.6) is 5.88 Å². The third-order valence-electron chi connectivity index (χ3n) is 3.56. The largest absolute Gasteiger partial charge is 0.472 e. The lowest BCUT2D eigenvalue weighted by Gasteiger charge is -2.12. The molecule has 1 heterocycles. The highest BCUT2D eigenvalue weighted by Gasteiger charge is 2.11. The van der Waals surface area contributed by atoms with Crippen LogP contribution >= 0.6 is 23.2 Å². The van der Waals surface area contributed by atoms with Gasteiger partial charge in [0.25, 0.3) is 0 Å². The van der Waals surface area contributed by atoms with Crippen molar-refractivity contribution in [2.75, 3.05) is 0 Å². The third kappa shape index (κ3) is 4.34. The van der Waals surface area contributed by atoms with Gasteiger partial charge in [-0.1, -0.05) is 49.5 Å². The molecule has 2 aromatic rings. The molecular weight excluding hydrogens is 324 g/mol. The minimum absolute atomic E-state index is 0.0110. The maximum absolute atomic E-state index is 13.7. The van der Waals surface area contributed by atoms with E-state index in [1.165, 1.54) is 6.07 Å². The average molecular weight is 342 g/mol. The summed E-state index contributed by atoms with van der Waals surface area (Å²) in [5.74, 6) is 0.452. The number of benzene rings is 1. The first-order chi connectivity index (χ1) is 10.5. The van der Waals surface area contributed by atoms with Crippen molar-refractivity contribution in [3.8, 4) is 5.88 Å². The number of rotatable bonds is 6. The Morgan fingerprint density at radius 2 is 2.05 bits per heavy atom. The fourth-order valence-corrected chi connectivity index (χ4v) is 2.50. The summed E-state index contributed by atoms with van der Waals surface area (Å²) in [6.45, 7) is 4.32. The van der Waals surface area contributed by atoms with Crippen LogP contribution in [0.2, 0.25) is 10.0 Å². The normalized spacial score (nSPS) is 12.2. The molecule has 0 bridgehead atoms. The molecule has 0 saturated carbocycles. The van der Waals surface area contributed by atoms with Crippen LogP contribution in [0.25, 0.3) is 0 Å². The maximum atomic E-state index is 13.7. The highest BCUT2D eigenvalue weighted by Crippen LogP contribution is 2.26. The van der Waals surface area contributed by atoms with Crippen molar-refractivity contribution in [3.05, 3.63) is 57.5 Å². The van der Waals surface area contributed by atoms with Crippen LogP contribution in [0.3, 0.4) is 0 Å². The highest BCUT2D eigenvalue weighted by atomic mass is 35.5. The Morgan fingerprint density at radius 3 is 2.68 bits per heavy atom. The molecule has 0 aliphatic carbocycles. The van der Waals surface area contributed by atoms with Crippen LogP contribution in [-0.2, 0) is 13.0 Å². The molecular formula is C17H18Cl2FNO. The Bertz CT molecular complexity index is 628. The van der Waals surface area contributed by atoms with E-state index >= 15 is 0 Å². The lowest BCUT2D eigenvalue weighted by molar-refractivity contribution is 0.288. The zero-order chi connectivity index (χ0) is 16.1. The smallest absolute Gasteiger partial charge is 0.232 e. The van der Waals surface area contributed by atoms with Gasteiger partial charge in [0.2, 0.25) is 5.88 Å². The van der Waals surface area contributed by atoms with Gasteiger partial charge >= 0.3 is 0 Å². The van der Waals surface area contributed by atoms with E-state index < -0.39 is 5.82 Å². The average Bonchev–Trinajstić information content (AvgIpc) is 2.48. The van der Waals surface area contributed by atoms with Crippen molar-refractivity contribution in [3.63, 3.8) is 0 Å². The topological polar surface area (TPSA) is 22.1 Å². The van der Waals surface area contributed by atoms with E-state index in [-0.39, 0.29) is 12.5 Å². The number of pyridine rings is 1. The van der Waals surface area contributed by atoms with Crippen molar-refractivity contribution in [1.29, 1.82) is 0 Å². The van der Waals surface area contributed by atoms with E-state index in [2.05, 4.69) is 18.8 Å². The summed E-state index contributed by atoms with van der Waals surface area (Å²) in [6, 6.07) is 6.36. The van der Waals surface area contributed by atoms with Crippen molar-refractivity contribution in [1.82, 2.24) is 4.98 Å². The van der Waals surface area contributed by atoms with Gasteiger partial charge in [0.15, 0.2) is 0 Å². The SMILES string of the molecule is CCC(C)Cc1cnc(OCc2c(F)cccc2Cl)c(Cl)c1. The molecule has 0 amide bonds. The summed E-state index contributed by atoms with van der Waals surface area (Å²) in [6.07, 6.45) is 3.76. The predicted molar refractivity (Wildman–Crippen MR) is 88.1 cm³/mol. The molecule has 1 aromatic heterocycles. The second-order valence-corrected chi connectivity index (χ2v) is 6.15. The minimum atomic E-state index is -0.406. The summed E-state index contributed by atoms with van der Waals surface area (Å²) in [5, 5.41) is 0.748. The van der Waals surface area contributed by atoms with Crippen molar-refractivity contribution >= 4 is 23.2 Å². The van der Waals surface area contributed by atoms with E-state index in [1.54, 1.807) is 18.3 Å². The van der Waals surface area contributed by atoms with Gasteiger partial charge in [0.1, 0.15) is 17.4 Å². The molecule has 0 saturated heterocycles. The number of hydrogen-bond acceptors (Lipinski definition) is 2. The minimum Gasteiger partial charge on any atom is -0.472 e. The van der Waals surface area contributed by atoms with Gasteiger partial charge in [0, 0.05) is 11.8 Å². The van der Waals surface area contributed by atoms with E-state index in [0.29, 0.717) is 21.5 Å². The van der Waals surface area contributed by atoms with E-state index in [1.807, 2.05) is 6.07 Å². The zero-order valence-corrected chi connectivity index (χ0v) is 14.1. The molecule has 2 rings (SSSR count). The summed E-state index contributed by atoms with van der Waals surface area (Å²) in [4.78, 5) is 4.22. The first-order valence-electron chi connectivity index (χ1n) is 7.21. The maximum Gasteiger partial charge on any atom is 0.232 e. The lowest BCUT2D eigenvalue weighted by Crippen LogP contribution is -2.03. The summed E-state index contributed by atoms with van der Waals surface area (Å²) in [5.41, 5.74) is 1.36. The Balaban J connectivity index is 2.07. The van der Waals surface area contributed by atoms with Crippen molar-refractivity contribution < 1.29 is 9.13 Å². The van der Waals surface area contributed by atoms with Gasteiger partial charge < -0.3 is 4.74 Å². The third-order valence-corrected chi connectivity index (χ3v) is 4.18. The Labute approximate surface area is 140 Å². The first kappa shape index (κ1) is 17.0. The molecule has 0 N–H and O–H groups in total. The molecule has 1 unspecified atom stereocenters. The highest BCUT2D eigenvalue weighted by molar-refractivity contribution is 6.32. The standard InChI is InChI=1S/C17H18Cl2FNO/c1-3-11(2)7-12-8-15(19)17(21-9-12)22-10-13-14(18)5-4-6-16(13)20/h4-6,8-9,11H,3,7,10H2,1-2H3. The zero-order valence-electron chi connectivity index (χ0n) is 12.6. The molecule has 0 aliphatic rings. The van der Waals surface area contributed by atoms with E-state index in [9.17, 15) is 4.39 Å². The van der Waals surface area contributed by atoms with Crippen LogP contribution in [-0.4, -0.2) is 4.98 Å². The quantitative estimate of drug-likeness (QED) is 0.672. The first-order valence-corrected chi connectivity index (χ1v) is 7.97. The van der Waals surface area contributed by atoms with E-state index in [4.69, 9.17) is 27.9 Å². The lowest BCUT2D eigenvalue weighted by atomic mass is 10.0. The number of nitrogens with zero attached hydrogens (tertiary/aromatic N) is 1. The number of halogens is 3. The van der Waals surface area contributed by atoms with Crippen molar-refractivity contribution in [2.45, 2.75) is 33.3 Å². The molecule has 22 heavy (non-hydrogen) atoms. The molecule has 5 heteroatoms. The van der Waals surface area contributed by atoms with Gasteiger partial charge in [-0.2, -0.15) is 0 Å². The number of aromatic nitrogens is 1. The van der Waals surface area contributed by atoms with Gasteiger partial charge in [-0.15, -0.1) is 0 Å². The van der Waals surface area contributed by atoms with Crippen LogP contribution < -0.4 is 4.74 Å². The van der Waals surface area contributed by atoms with Crippen LogP contribution in [0, 0.1) is 11.7 Å².